The van der Waals surface area contributed by atoms with Crippen molar-refractivity contribution in [3.05, 3.63) is 47.3 Å². The number of benzene rings is 1. The molecule has 18 heavy (non-hydrogen) atoms. The van der Waals surface area contributed by atoms with E-state index >= 15 is 0 Å². The smallest absolute Gasteiger partial charge is 0.175 e. The summed E-state index contributed by atoms with van der Waals surface area (Å²) in [6, 6.07) is 12.9. The lowest BCUT2D eigenvalue weighted by atomic mass is 10.2. The molecule has 0 saturated heterocycles. The SMILES string of the molecule is N#C/C(N)=C(/C#N)N=CNOCc1ccccc1. The van der Waals surface area contributed by atoms with Gasteiger partial charge in [0.05, 0.1) is 6.61 Å². The van der Waals surface area contributed by atoms with Crippen LogP contribution in [-0.2, 0) is 11.4 Å². The lowest BCUT2D eigenvalue weighted by molar-refractivity contribution is 0.0745. The summed E-state index contributed by atoms with van der Waals surface area (Å²) >= 11 is 0. The molecule has 1 aromatic carbocycles. The Morgan fingerprint density at radius 1 is 1.33 bits per heavy atom. The summed E-state index contributed by atoms with van der Waals surface area (Å²) in [5.74, 6) is 0. The summed E-state index contributed by atoms with van der Waals surface area (Å²) in [5, 5.41) is 17.1. The van der Waals surface area contributed by atoms with Gasteiger partial charge in [0.25, 0.3) is 0 Å². The molecular formula is C12H11N5O. The molecule has 3 N–H and O–H groups in total. The Hall–Kier alpha value is -2.83. The molecule has 90 valence electrons. The van der Waals surface area contributed by atoms with E-state index in [1.54, 1.807) is 12.1 Å². The molecule has 0 unspecified atom stereocenters. The van der Waals surface area contributed by atoms with Gasteiger partial charge < -0.3 is 5.73 Å². The second kappa shape index (κ2) is 7.44. The van der Waals surface area contributed by atoms with Gasteiger partial charge >= 0.3 is 0 Å². The number of nitrogens with two attached hydrogens (primary N) is 1. The van der Waals surface area contributed by atoms with Crippen LogP contribution >= 0.6 is 0 Å². The average molecular weight is 241 g/mol. The Balaban J connectivity index is 2.39. The van der Waals surface area contributed by atoms with Crippen LogP contribution in [0.5, 0.6) is 0 Å². The highest BCUT2D eigenvalue weighted by Gasteiger charge is 1.97. The van der Waals surface area contributed by atoms with Crippen molar-refractivity contribution >= 4 is 6.34 Å². The molecule has 6 nitrogen and oxygen atoms in total. The zero-order valence-corrected chi connectivity index (χ0v) is 9.50. The van der Waals surface area contributed by atoms with Gasteiger partial charge in [-0.3, -0.25) is 10.3 Å². The Morgan fingerprint density at radius 2 is 2.06 bits per heavy atom. The van der Waals surface area contributed by atoms with Gasteiger partial charge in [-0.05, 0) is 5.56 Å². The zero-order chi connectivity index (χ0) is 13.2. The van der Waals surface area contributed by atoms with Gasteiger partial charge in [-0.1, -0.05) is 30.3 Å². The molecule has 0 fully saturated rings. The number of hydrogen-bond acceptors (Lipinski definition) is 5. The van der Waals surface area contributed by atoms with Crippen molar-refractivity contribution in [2.45, 2.75) is 6.61 Å². The van der Waals surface area contributed by atoms with Crippen LogP contribution in [0.15, 0.2) is 46.7 Å². The molecule has 0 amide bonds. The van der Waals surface area contributed by atoms with E-state index in [9.17, 15) is 0 Å². The molecule has 0 aliphatic rings. The highest BCUT2D eigenvalue weighted by atomic mass is 16.6. The van der Waals surface area contributed by atoms with Crippen molar-refractivity contribution < 1.29 is 4.84 Å². The molecule has 1 rings (SSSR count). The van der Waals surface area contributed by atoms with Gasteiger partial charge in [0, 0.05) is 0 Å². The third-order valence-electron chi connectivity index (χ3n) is 1.89. The predicted molar refractivity (Wildman–Crippen MR) is 65.3 cm³/mol. The Morgan fingerprint density at radius 3 is 2.67 bits per heavy atom. The summed E-state index contributed by atoms with van der Waals surface area (Å²) in [4.78, 5) is 8.73. The zero-order valence-electron chi connectivity index (χ0n) is 9.50. The molecule has 0 aliphatic heterocycles. The van der Waals surface area contributed by atoms with Crippen LogP contribution in [0.2, 0.25) is 0 Å². The Bertz CT molecular complexity index is 522. The van der Waals surface area contributed by atoms with E-state index < -0.39 is 0 Å². The largest absolute Gasteiger partial charge is 0.388 e. The summed E-state index contributed by atoms with van der Waals surface area (Å²) in [5.41, 5.74) is 8.28. The lowest BCUT2D eigenvalue weighted by Crippen LogP contribution is -2.12. The fraction of sp³-hybridized carbons (Fsp3) is 0.0833. The normalized spacial score (nSPS) is 11.4. The Kier molecular flexibility index (Phi) is 5.47. The number of aliphatic imine (C=N–C) groups is 1. The number of nitrogens with zero attached hydrogens (tertiary/aromatic N) is 3. The highest BCUT2D eigenvalue weighted by molar-refractivity contribution is 5.57. The molecule has 0 heterocycles. The minimum Gasteiger partial charge on any atom is -0.388 e. The first-order valence-electron chi connectivity index (χ1n) is 5.01. The van der Waals surface area contributed by atoms with E-state index in [0.717, 1.165) is 11.9 Å². The van der Waals surface area contributed by atoms with E-state index in [4.69, 9.17) is 21.1 Å². The minimum absolute atomic E-state index is 0.159. The fourth-order valence-electron chi connectivity index (χ4n) is 1.04. The minimum atomic E-state index is -0.237. The van der Waals surface area contributed by atoms with Crippen LogP contribution in [0, 0.1) is 22.7 Å². The van der Waals surface area contributed by atoms with Crippen molar-refractivity contribution in [2.75, 3.05) is 0 Å². The van der Waals surface area contributed by atoms with Crippen molar-refractivity contribution in [3.63, 3.8) is 0 Å². The van der Waals surface area contributed by atoms with Gasteiger partial charge in [-0.15, -0.1) is 0 Å². The third kappa shape index (κ3) is 4.35. The molecule has 0 saturated carbocycles. The first-order chi connectivity index (χ1) is 8.77. The standard InChI is InChI=1S/C12H11N5O/c13-6-11(15)12(7-14)16-9-17-18-8-10-4-2-1-3-5-10/h1-5,9H,8,15H2,(H,16,17)/b12-11+. The average Bonchev–Trinajstić information content (AvgIpc) is 2.43. The van der Waals surface area contributed by atoms with E-state index in [2.05, 4.69) is 10.5 Å². The molecule has 0 bridgehead atoms. The molecule has 0 aliphatic carbocycles. The quantitative estimate of drug-likeness (QED) is 0.262. The topological polar surface area (TPSA) is 107 Å². The molecule has 0 radical (unpaired) electrons. The Labute approximate surface area is 105 Å². The number of allylic oxidation sites excluding steroid dienone is 2. The second-order valence-electron chi connectivity index (χ2n) is 3.14. The van der Waals surface area contributed by atoms with Crippen molar-refractivity contribution in [1.29, 1.82) is 10.5 Å². The van der Waals surface area contributed by atoms with Gasteiger partial charge in [0.15, 0.2) is 5.70 Å². The van der Waals surface area contributed by atoms with Gasteiger partial charge in [-0.25, -0.2) is 4.99 Å². The molecule has 1 aromatic rings. The summed E-state index contributed by atoms with van der Waals surface area (Å²) in [7, 11) is 0. The van der Waals surface area contributed by atoms with Crippen molar-refractivity contribution in [3.8, 4) is 12.1 Å². The summed E-state index contributed by atoms with van der Waals surface area (Å²) in [6.07, 6.45) is 1.16. The number of nitriles is 2. The van der Waals surface area contributed by atoms with Crippen molar-refractivity contribution in [2.24, 2.45) is 10.7 Å². The van der Waals surface area contributed by atoms with Crippen LogP contribution in [0.4, 0.5) is 0 Å². The molecular weight excluding hydrogens is 230 g/mol. The van der Waals surface area contributed by atoms with Crippen LogP contribution in [0.1, 0.15) is 5.56 Å². The van der Waals surface area contributed by atoms with E-state index in [0.29, 0.717) is 6.61 Å². The third-order valence-corrected chi connectivity index (χ3v) is 1.89. The first-order valence-corrected chi connectivity index (χ1v) is 5.01. The monoisotopic (exact) mass is 241 g/mol. The number of hydroxylamine groups is 1. The maximum Gasteiger partial charge on any atom is 0.175 e. The highest BCUT2D eigenvalue weighted by Crippen LogP contribution is 1.99. The van der Waals surface area contributed by atoms with Crippen LogP contribution in [0.3, 0.4) is 0 Å². The van der Waals surface area contributed by atoms with Gasteiger partial charge in [0.2, 0.25) is 0 Å². The van der Waals surface area contributed by atoms with E-state index in [1.807, 2.05) is 30.3 Å². The summed E-state index contributed by atoms with van der Waals surface area (Å²) in [6.45, 7) is 0.353. The van der Waals surface area contributed by atoms with E-state index in [1.165, 1.54) is 0 Å². The number of nitrogens with one attached hydrogen (secondary N) is 1. The van der Waals surface area contributed by atoms with Crippen LogP contribution < -0.4 is 11.2 Å². The number of rotatable bonds is 5. The predicted octanol–water partition coefficient (Wildman–Crippen LogP) is 0.954. The molecule has 0 spiro atoms. The molecule has 0 aromatic heterocycles. The summed E-state index contributed by atoms with van der Waals surface area (Å²) < 4.78 is 0. The molecule has 0 atom stereocenters. The maximum absolute atomic E-state index is 8.64. The second-order valence-corrected chi connectivity index (χ2v) is 3.14. The number of hydrogen-bond donors (Lipinski definition) is 2. The lowest BCUT2D eigenvalue weighted by Gasteiger charge is -2.01. The van der Waals surface area contributed by atoms with Gasteiger partial charge in [0.1, 0.15) is 24.2 Å². The first kappa shape index (κ1) is 13.2. The van der Waals surface area contributed by atoms with Gasteiger partial charge in [-0.2, -0.15) is 10.5 Å². The van der Waals surface area contributed by atoms with E-state index in [-0.39, 0.29) is 11.4 Å². The van der Waals surface area contributed by atoms with Crippen LogP contribution in [-0.4, -0.2) is 6.34 Å². The molecule has 6 heteroatoms. The van der Waals surface area contributed by atoms with Crippen molar-refractivity contribution in [1.82, 2.24) is 5.48 Å². The van der Waals surface area contributed by atoms with Crippen LogP contribution in [0.25, 0.3) is 0 Å². The fourth-order valence-corrected chi connectivity index (χ4v) is 1.04. The maximum atomic E-state index is 8.64.